The third-order valence-corrected chi connectivity index (χ3v) is 4.10. The summed E-state index contributed by atoms with van der Waals surface area (Å²) in [5.41, 5.74) is 3.40. The van der Waals surface area contributed by atoms with E-state index in [4.69, 9.17) is 5.84 Å². The van der Waals surface area contributed by atoms with Crippen LogP contribution < -0.4 is 16.6 Å². The van der Waals surface area contributed by atoms with E-state index in [-0.39, 0.29) is 11.5 Å². The van der Waals surface area contributed by atoms with E-state index in [1.807, 2.05) is 6.92 Å². The maximum atomic E-state index is 9.92. The number of nitrogen functional groups attached to an aromatic ring is 1. The summed E-state index contributed by atoms with van der Waals surface area (Å²) in [6.45, 7) is 8.88. The van der Waals surface area contributed by atoms with Gasteiger partial charge in [-0.3, -0.25) is 0 Å². The highest BCUT2D eigenvalue weighted by Gasteiger charge is 2.26. The van der Waals surface area contributed by atoms with Crippen LogP contribution in [-0.4, -0.2) is 27.7 Å². The Morgan fingerprint density at radius 3 is 2.43 bits per heavy atom. The molecule has 1 fully saturated rings. The molecule has 1 saturated carbocycles. The van der Waals surface area contributed by atoms with Crippen LogP contribution in [0.5, 0.6) is 0 Å². The second-order valence-electron chi connectivity index (χ2n) is 6.90. The van der Waals surface area contributed by atoms with Gasteiger partial charge in [-0.25, -0.2) is 15.8 Å². The van der Waals surface area contributed by atoms with Gasteiger partial charge < -0.3 is 15.8 Å². The minimum Gasteiger partial charge on any atom is -0.393 e. The van der Waals surface area contributed by atoms with Gasteiger partial charge in [0.25, 0.3) is 0 Å². The van der Waals surface area contributed by atoms with Gasteiger partial charge in [-0.2, -0.15) is 0 Å². The molecule has 21 heavy (non-hydrogen) atoms. The minimum absolute atomic E-state index is 0.150. The van der Waals surface area contributed by atoms with Gasteiger partial charge in [0, 0.05) is 23.4 Å². The smallest absolute Gasteiger partial charge is 0.148 e. The summed E-state index contributed by atoms with van der Waals surface area (Å²) in [5, 5.41) is 13.3. The highest BCUT2D eigenvalue weighted by Crippen LogP contribution is 2.28. The van der Waals surface area contributed by atoms with E-state index in [1.165, 1.54) is 0 Å². The van der Waals surface area contributed by atoms with E-state index >= 15 is 0 Å². The third-order valence-electron chi connectivity index (χ3n) is 4.10. The number of aliphatic hydroxyl groups excluding tert-OH is 1. The quantitative estimate of drug-likeness (QED) is 0.500. The Balaban J connectivity index is 2.21. The van der Waals surface area contributed by atoms with Crippen LogP contribution in [0.2, 0.25) is 0 Å². The lowest BCUT2D eigenvalue weighted by molar-refractivity contribution is 0.138. The Morgan fingerprint density at radius 2 is 1.90 bits per heavy atom. The lowest BCUT2D eigenvalue weighted by atomic mass is 9.95. The van der Waals surface area contributed by atoms with Crippen molar-refractivity contribution in [3.8, 4) is 0 Å². The average Bonchev–Trinajstić information content (AvgIpc) is 2.82. The largest absolute Gasteiger partial charge is 0.393 e. The van der Waals surface area contributed by atoms with Crippen molar-refractivity contribution in [3.05, 3.63) is 11.4 Å². The molecule has 0 bridgehead atoms. The predicted octanol–water partition coefficient (Wildman–Crippen LogP) is 1.94. The monoisotopic (exact) mass is 293 g/mol. The number of hydrogen-bond acceptors (Lipinski definition) is 6. The molecule has 2 rings (SSSR count). The number of nitrogens with one attached hydrogen (secondary N) is 2. The summed E-state index contributed by atoms with van der Waals surface area (Å²) in [5.74, 6) is 8.04. The molecule has 0 aliphatic heterocycles. The number of nitrogens with zero attached hydrogens (tertiary/aromatic N) is 2. The van der Waals surface area contributed by atoms with E-state index < -0.39 is 0 Å². The SMILES string of the molecule is Cc1c(NN)nc(C(C)(C)C)nc1NCC1CCCC1O. The average molecular weight is 293 g/mol. The Hall–Kier alpha value is -1.40. The van der Waals surface area contributed by atoms with Crippen LogP contribution in [0.1, 0.15) is 51.4 Å². The number of aromatic nitrogens is 2. The molecule has 2 atom stereocenters. The molecule has 0 spiro atoms. The second kappa shape index (κ2) is 6.15. The summed E-state index contributed by atoms with van der Waals surface area (Å²) in [4.78, 5) is 9.12. The van der Waals surface area contributed by atoms with Gasteiger partial charge in [-0.15, -0.1) is 0 Å². The predicted molar refractivity (Wildman–Crippen MR) is 85.1 cm³/mol. The molecule has 0 saturated heterocycles. The van der Waals surface area contributed by atoms with Crippen LogP contribution >= 0.6 is 0 Å². The van der Waals surface area contributed by atoms with E-state index in [0.29, 0.717) is 11.7 Å². The fraction of sp³-hybridized carbons (Fsp3) is 0.733. The van der Waals surface area contributed by atoms with Crippen molar-refractivity contribution < 1.29 is 5.11 Å². The van der Waals surface area contributed by atoms with Crippen molar-refractivity contribution in [2.45, 2.75) is 58.5 Å². The molecule has 6 nitrogen and oxygen atoms in total. The first kappa shape index (κ1) is 16.0. The van der Waals surface area contributed by atoms with Gasteiger partial charge in [0.15, 0.2) is 0 Å². The molecular formula is C15H27N5O. The van der Waals surface area contributed by atoms with Crippen molar-refractivity contribution in [1.82, 2.24) is 9.97 Å². The molecule has 1 heterocycles. The Bertz CT molecular complexity index is 498. The fourth-order valence-corrected chi connectivity index (χ4v) is 2.65. The van der Waals surface area contributed by atoms with Crippen LogP contribution in [0, 0.1) is 12.8 Å². The van der Waals surface area contributed by atoms with Crippen LogP contribution in [-0.2, 0) is 5.41 Å². The number of nitrogens with two attached hydrogens (primary N) is 1. The van der Waals surface area contributed by atoms with Crippen LogP contribution in [0.15, 0.2) is 0 Å². The molecule has 2 unspecified atom stereocenters. The summed E-state index contributed by atoms with van der Waals surface area (Å²) < 4.78 is 0. The van der Waals surface area contributed by atoms with Crippen molar-refractivity contribution in [3.63, 3.8) is 0 Å². The lowest BCUT2D eigenvalue weighted by Gasteiger charge is -2.22. The van der Waals surface area contributed by atoms with Gasteiger partial charge in [-0.05, 0) is 19.8 Å². The van der Waals surface area contributed by atoms with Gasteiger partial charge in [0.05, 0.1) is 6.10 Å². The molecular weight excluding hydrogens is 266 g/mol. The van der Waals surface area contributed by atoms with Gasteiger partial charge >= 0.3 is 0 Å². The molecule has 0 radical (unpaired) electrons. The van der Waals surface area contributed by atoms with Crippen molar-refractivity contribution in [1.29, 1.82) is 0 Å². The number of hydrazine groups is 1. The van der Waals surface area contributed by atoms with Gasteiger partial charge in [0.1, 0.15) is 17.5 Å². The first-order valence-electron chi connectivity index (χ1n) is 7.60. The number of anilines is 2. The zero-order chi connectivity index (χ0) is 15.6. The third kappa shape index (κ3) is 3.63. The topological polar surface area (TPSA) is 96.1 Å². The molecule has 0 amide bonds. The molecule has 1 aromatic rings. The summed E-state index contributed by atoms with van der Waals surface area (Å²) in [6, 6.07) is 0. The molecule has 118 valence electrons. The van der Waals surface area contributed by atoms with E-state index in [1.54, 1.807) is 0 Å². The highest BCUT2D eigenvalue weighted by molar-refractivity contribution is 5.57. The molecule has 0 aromatic carbocycles. The van der Waals surface area contributed by atoms with Crippen molar-refractivity contribution in [2.24, 2.45) is 11.8 Å². The summed E-state index contributed by atoms with van der Waals surface area (Å²) in [6.07, 6.45) is 2.86. The maximum Gasteiger partial charge on any atom is 0.148 e. The van der Waals surface area contributed by atoms with E-state index in [9.17, 15) is 5.11 Å². The molecule has 1 aliphatic carbocycles. The van der Waals surface area contributed by atoms with Gasteiger partial charge in [-0.1, -0.05) is 27.2 Å². The fourth-order valence-electron chi connectivity index (χ4n) is 2.65. The number of rotatable bonds is 4. The van der Waals surface area contributed by atoms with E-state index in [0.717, 1.165) is 43.0 Å². The normalized spacial score (nSPS) is 22.4. The Labute approximate surface area is 126 Å². The summed E-state index contributed by atoms with van der Waals surface area (Å²) >= 11 is 0. The van der Waals surface area contributed by atoms with Gasteiger partial charge in [0.2, 0.25) is 0 Å². The zero-order valence-electron chi connectivity index (χ0n) is 13.4. The van der Waals surface area contributed by atoms with Crippen LogP contribution in [0.3, 0.4) is 0 Å². The van der Waals surface area contributed by atoms with E-state index in [2.05, 4.69) is 41.5 Å². The molecule has 5 N–H and O–H groups in total. The highest BCUT2D eigenvalue weighted by atomic mass is 16.3. The summed E-state index contributed by atoms with van der Waals surface area (Å²) in [7, 11) is 0. The van der Waals surface area contributed by atoms with Crippen molar-refractivity contribution in [2.75, 3.05) is 17.3 Å². The first-order chi connectivity index (χ1) is 9.82. The first-order valence-corrected chi connectivity index (χ1v) is 7.60. The second-order valence-corrected chi connectivity index (χ2v) is 6.90. The number of hydrogen-bond donors (Lipinski definition) is 4. The standard InChI is InChI=1S/C15H27N5O/c1-9-12(17-8-10-6-5-7-11(10)21)18-14(15(2,3)4)19-13(9)20-16/h10-11,21H,5-8,16H2,1-4H3,(H2,17,18,19,20). The number of aliphatic hydroxyl groups is 1. The Kier molecular flexibility index (Phi) is 4.68. The van der Waals surface area contributed by atoms with Crippen LogP contribution in [0.4, 0.5) is 11.6 Å². The molecule has 1 aromatic heterocycles. The lowest BCUT2D eigenvalue weighted by Crippen LogP contribution is -2.25. The zero-order valence-corrected chi connectivity index (χ0v) is 13.4. The minimum atomic E-state index is -0.200. The Morgan fingerprint density at radius 1 is 1.24 bits per heavy atom. The molecule has 6 heteroatoms. The van der Waals surface area contributed by atoms with Crippen LogP contribution in [0.25, 0.3) is 0 Å². The molecule has 1 aliphatic rings. The van der Waals surface area contributed by atoms with Crippen molar-refractivity contribution >= 4 is 11.6 Å². The maximum absolute atomic E-state index is 9.92.